The van der Waals surface area contributed by atoms with Crippen molar-refractivity contribution < 1.29 is 19.0 Å². The fourth-order valence-corrected chi connectivity index (χ4v) is 2.04. The van der Waals surface area contributed by atoms with E-state index in [9.17, 15) is 14.3 Å². The van der Waals surface area contributed by atoms with E-state index in [1.165, 1.54) is 30.2 Å². The van der Waals surface area contributed by atoms with E-state index in [-0.39, 0.29) is 24.1 Å². The molecule has 0 bridgehead atoms. The number of aliphatic hydroxyl groups excluding tert-OH is 1. The molecule has 1 rings (SSSR count). The Morgan fingerprint density at radius 3 is 2.80 bits per heavy atom. The molecule has 0 saturated carbocycles. The maximum Gasteiger partial charge on any atom is 0.237 e. The number of carbonyl (C=O) groups excluding carboxylic acids is 1. The Morgan fingerprint density at radius 2 is 2.25 bits per heavy atom. The number of amides is 1. The molecule has 1 amide bonds. The molecular formula is C14H19ClFNO3. The summed E-state index contributed by atoms with van der Waals surface area (Å²) in [5, 5.41) is 10.2. The van der Waals surface area contributed by atoms with Gasteiger partial charge < -0.3 is 14.7 Å². The van der Waals surface area contributed by atoms with Gasteiger partial charge in [0.2, 0.25) is 5.91 Å². The van der Waals surface area contributed by atoms with Gasteiger partial charge in [-0.05, 0) is 24.1 Å². The lowest BCUT2D eigenvalue weighted by atomic mass is 10.1. The lowest BCUT2D eigenvalue weighted by Crippen LogP contribution is -2.36. The maximum absolute atomic E-state index is 13.3. The zero-order valence-corrected chi connectivity index (χ0v) is 12.4. The highest BCUT2D eigenvalue weighted by Gasteiger charge is 2.18. The molecule has 6 heteroatoms. The summed E-state index contributed by atoms with van der Waals surface area (Å²) in [7, 11) is 1.36. The first kappa shape index (κ1) is 16.7. The minimum atomic E-state index is -0.914. The van der Waals surface area contributed by atoms with Gasteiger partial charge in [0.05, 0.1) is 19.8 Å². The third-order valence-corrected chi connectivity index (χ3v) is 3.14. The average Bonchev–Trinajstić information content (AvgIpc) is 2.46. The Hall–Kier alpha value is -1.33. The smallest absolute Gasteiger partial charge is 0.237 e. The summed E-state index contributed by atoms with van der Waals surface area (Å²) in [6.45, 7) is 2.57. The van der Waals surface area contributed by atoms with Crippen LogP contribution in [0.2, 0.25) is 0 Å². The molecule has 0 saturated heterocycles. The Labute approximate surface area is 123 Å². The first-order valence-electron chi connectivity index (χ1n) is 6.38. The molecule has 1 unspecified atom stereocenters. The number of alkyl halides is 1. The number of carbonyl (C=O) groups is 1. The van der Waals surface area contributed by atoms with Crippen LogP contribution in [0.1, 0.15) is 25.0 Å². The van der Waals surface area contributed by atoms with Crippen molar-refractivity contribution in [3.05, 3.63) is 29.6 Å². The zero-order valence-electron chi connectivity index (χ0n) is 11.6. The second kappa shape index (κ2) is 8.07. The topological polar surface area (TPSA) is 49.8 Å². The van der Waals surface area contributed by atoms with E-state index >= 15 is 0 Å². The number of rotatable bonds is 7. The van der Waals surface area contributed by atoms with Gasteiger partial charge in [0, 0.05) is 6.54 Å². The highest BCUT2D eigenvalue weighted by molar-refractivity contribution is 6.27. The molecule has 0 spiro atoms. The predicted molar refractivity (Wildman–Crippen MR) is 75.5 cm³/mol. The monoisotopic (exact) mass is 303 g/mol. The van der Waals surface area contributed by atoms with E-state index in [0.29, 0.717) is 12.1 Å². The summed E-state index contributed by atoms with van der Waals surface area (Å²) >= 11 is 5.54. The van der Waals surface area contributed by atoms with Crippen molar-refractivity contribution in [1.82, 2.24) is 4.90 Å². The molecule has 0 radical (unpaired) electrons. The van der Waals surface area contributed by atoms with Gasteiger partial charge in [0.25, 0.3) is 0 Å². The fraction of sp³-hybridized carbons (Fsp3) is 0.500. The van der Waals surface area contributed by atoms with E-state index in [1.807, 2.05) is 6.92 Å². The zero-order chi connectivity index (χ0) is 15.1. The van der Waals surface area contributed by atoms with Crippen LogP contribution in [0.5, 0.6) is 5.75 Å². The molecule has 0 heterocycles. The average molecular weight is 304 g/mol. The molecule has 20 heavy (non-hydrogen) atoms. The SMILES string of the molecule is CCCN(CC(O)c1ccc(F)c(OC)c1)C(=O)CCl. The summed E-state index contributed by atoms with van der Waals surface area (Å²) in [5.74, 6) is -0.793. The number of hydrogen-bond acceptors (Lipinski definition) is 3. The van der Waals surface area contributed by atoms with Crippen LogP contribution in [0.4, 0.5) is 4.39 Å². The number of benzene rings is 1. The van der Waals surface area contributed by atoms with Crippen LogP contribution in [-0.2, 0) is 4.79 Å². The molecule has 1 N–H and O–H groups in total. The number of halogens is 2. The maximum atomic E-state index is 13.3. The summed E-state index contributed by atoms with van der Waals surface area (Å²) in [6.07, 6.45) is -0.148. The molecule has 1 aromatic rings. The molecule has 1 atom stereocenters. The molecule has 0 fully saturated rings. The number of ether oxygens (including phenoxy) is 1. The van der Waals surface area contributed by atoms with Crippen molar-refractivity contribution in [3.8, 4) is 5.75 Å². The number of aliphatic hydroxyl groups is 1. The van der Waals surface area contributed by atoms with Gasteiger partial charge in [0.15, 0.2) is 11.6 Å². The van der Waals surface area contributed by atoms with Crippen molar-refractivity contribution in [2.45, 2.75) is 19.4 Å². The van der Waals surface area contributed by atoms with Crippen molar-refractivity contribution in [2.75, 3.05) is 26.1 Å². The second-order valence-electron chi connectivity index (χ2n) is 4.38. The lowest BCUT2D eigenvalue weighted by Gasteiger charge is -2.24. The van der Waals surface area contributed by atoms with E-state index < -0.39 is 11.9 Å². The van der Waals surface area contributed by atoms with Gasteiger partial charge in [-0.15, -0.1) is 11.6 Å². The summed E-state index contributed by atoms with van der Waals surface area (Å²) in [5.41, 5.74) is 0.492. The molecular weight excluding hydrogens is 285 g/mol. The van der Waals surface area contributed by atoms with Crippen molar-refractivity contribution in [3.63, 3.8) is 0 Å². The minimum Gasteiger partial charge on any atom is -0.494 e. The minimum absolute atomic E-state index is 0.0623. The number of nitrogens with zero attached hydrogens (tertiary/aromatic N) is 1. The largest absolute Gasteiger partial charge is 0.494 e. The van der Waals surface area contributed by atoms with Crippen molar-refractivity contribution in [2.24, 2.45) is 0 Å². The third-order valence-electron chi connectivity index (χ3n) is 2.91. The molecule has 0 aliphatic rings. The Balaban J connectivity index is 2.82. The predicted octanol–water partition coefficient (Wildman–Crippen LogP) is 2.35. The van der Waals surface area contributed by atoms with E-state index in [1.54, 1.807) is 0 Å². The number of hydrogen-bond donors (Lipinski definition) is 1. The molecule has 1 aromatic carbocycles. The van der Waals surface area contributed by atoms with Crippen LogP contribution >= 0.6 is 11.6 Å². The quantitative estimate of drug-likeness (QED) is 0.787. The fourth-order valence-electron chi connectivity index (χ4n) is 1.87. The molecule has 0 aromatic heterocycles. The molecule has 112 valence electrons. The van der Waals surface area contributed by atoms with Gasteiger partial charge >= 0.3 is 0 Å². The van der Waals surface area contributed by atoms with E-state index in [2.05, 4.69) is 0 Å². The summed E-state index contributed by atoms with van der Waals surface area (Å²) in [4.78, 5) is 13.1. The van der Waals surface area contributed by atoms with Crippen LogP contribution < -0.4 is 4.74 Å². The lowest BCUT2D eigenvalue weighted by molar-refractivity contribution is -0.130. The van der Waals surface area contributed by atoms with Crippen LogP contribution in [0.15, 0.2) is 18.2 Å². The Kier molecular flexibility index (Phi) is 6.75. The van der Waals surface area contributed by atoms with Crippen molar-refractivity contribution in [1.29, 1.82) is 0 Å². The molecule has 4 nitrogen and oxygen atoms in total. The van der Waals surface area contributed by atoms with Crippen LogP contribution in [-0.4, -0.2) is 42.0 Å². The molecule has 0 aliphatic heterocycles. The van der Waals surface area contributed by atoms with Gasteiger partial charge in [-0.3, -0.25) is 4.79 Å². The second-order valence-corrected chi connectivity index (χ2v) is 4.65. The van der Waals surface area contributed by atoms with Gasteiger partial charge in [-0.25, -0.2) is 4.39 Å². The first-order chi connectivity index (χ1) is 9.53. The van der Waals surface area contributed by atoms with Gasteiger partial charge in [-0.1, -0.05) is 13.0 Å². The highest BCUT2D eigenvalue weighted by atomic mass is 35.5. The molecule has 0 aliphatic carbocycles. The standard InChI is InChI=1S/C14H19ClFNO3/c1-3-6-17(14(19)8-15)9-12(18)10-4-5-11(16)13(7-10)20-2/h4-5,7,12,18H,3,6,8-9H2,1-2H3. The van der Waals surface area contributed by atoms with E-state index in [0.717, 1.165) is 6.42 Å². The first-order valence-corrected chi connectivity index (χ1v) is 6.92. The Bertz CT molecular complexity index is 456. The highest BCUT2D eigenvalue weighted by Crippen LogP contribution is 2.23. The third kappa shape index (κ3) is 4.35. The summed E-state index contributed by atoms with van der Waals surface area (Å²) < 4.78 is 18.2. The van der Waals surface area contributed by atoms with Crippen molar-refractivity contribution >= 4 is 17.5 Å². The van der Waals surface area contributed by atoms with Crippen LogP contribution in [0, 0.1) is 5.82 Å². The normalized spacial score (nSPS) is 12.1. The summed E-state index contributed by atoms with van der Waals surface area (Å²) in [6, 6.07) is 4.12. The Morgan fingerprint density at radius 1 is 1.55 bits per heavy atom. The van der Waals surface area contributed by atoms with Gasteiger partial charge in [-0.2, -0.15) is 0 Å². The number of methoxy groups -OCH3 is 1. The van der Waals surface area contributed by atoms with Crippen LogP contribution in [0.3, 0.4) is 0 Å². The van der Waals surface area contributed by atoms with Crippen LogP contribution in [0.25, 0.3) is 0 Å². The van der Waals surface area contributed by atoms with Gasteiger partial charge in [0.1, 0.15) is 5.88 Å². The van der Waals surface area contributed by atoms with E-state index in [4.69, 9.17) is 16.3 Å².